The minimum absolute atomic E-state index is 0.370. The first-order valence-corrected chi connectivity index (χ1v) is 13.2. The van der Waals surface area contributed by atoms with Crippen LogP contribution in [0.2, 0.25) is 0 Å². The van der Waals surface area contributed by atoms with Gasteiger partial charge in [-0.2, -0.15) is 0 Å². The Balaban J connectivity index is 3.02. The third-order valence-electron chi connectivity index (χ3n) is 0. The summed E-state index contributed by atoms with van der Waals surface area (Å²) in [5, 5.41) is 0. The molecule has 5 heteroatoms. The molecule has 0 saturated carbocycles. The normalized spacial score (nSPS) is 15.2. The molecular formula is I4Ni. The summed E-state index contributed by atoms with van der Waals surface area (Å²) in [6.07, 6.45) is 0. The monoisotopic (exact) mass is 566 g/mol. The Morgan fingerprint density at radius 2 is 0.800 bits per heavy atom. The number of rotatable bonds is 0. The molecule has 0 radical (unpaired) electrons. The summed E-state index contributed by atoms with van der Waals surface area (Å²) in [4.78, 5) is 0. The molecule has 0 N–H and O–H groups in total. The van der Waals surface area contributed by atoms with E-state index in [1.807, 2.05) is 0 Å². The zero-order chi connectivity index (χ0) is 4.50. The summed E-state index contributed by atoms with van der Waals surface area (Å²) in [6, 6.07) is 0. The quantitative estimate of drug-likeness (QED) is 0.311. The van der Waals surface area contributed by atoms with Crippen molar-refractivity contribution in [2.45, 2.75) is 0 Å². The van der Waals surface area contributed by atoms with E-state index >= 15 is 0 Å². The maximum absolute atomic E-state index is 2.43. The van der Waals surface area contributed by atoms with Crippen molar-refractivity contribution in [3.8, 4) is 0 Å². The van der Waals surface area contributed by atoms with Crippen LogP contribution in [0.25, 0.3) is 0 Å². The summed E-state index contributed by atoms with van der Waals surface area (Å²) in [5.41, 5.74) is 0. The molecule has 0 aromatic rings. The van der Waals surface area contributed by atoms with Crippen molar-refractivity contribution in [1.82, 2.24) is 0 Å². The number of hydrogen-bond acceptors (Lipinski definition) is 0. The molecule has 38 valence electrons. The Morgan fingerprint density at radius 1 is 0.800 bits per heavy atom. The Kier molecular flexibility index (Phi) is 5.79. The topological polar surface area (TPSA) is 0 Å². The average Bonchev–Trinajstić information content (AvgIpc) is 0.722. The van der Waals surface area contributed by atoms with Gasteiger partial charge in [-0.3, -0.25) is 0 Å². The van der Waals surface area contributed by atoms with Crippen LogP contribution in [0, 0.1) is 0 Å². The van der Waals surface area contributed by atoms with E-state index in [1.54, 1.807) is 0 Å². The Hall–Kier alpha value is 3.41. The molecule has 0 saturated heterocycles. The summed E-state index contributed by atoms with van der Waals surface area (Å²) in [6.45, 7) is 0. The van der Waals surface area contributed by atoms with Gasteiger partial charge in [0.15, 0.2) is 0 Å². The van der Waals surface area contributed by atoms with E-state index in [9.17, 15) is 0 Å². The zero-order valence-corrected chi connectivity index (χ0v) is 11.4. The van der Waals surface area contributed by atoms with Gasteiger partial charge < -0.3 is 0 Å². The molecule has 0 aromatic carbocycles. The van der Waals surface area contributed by atoms with Crippen molar-refractivity contribution in [2.24, 2.45) is 0 Å². The molecule has 0 nitrogen and oxygen atoms in total. The molecule has 0 amide bonds. The first-order valence-electron chi connectivity index (χ1n) is 0.478. The second kappa shape index (κ2) is 3.44. The van der Waals surface area contributed by atoms with Crippen LogP contribution in [0.1, 0.15) is 0 Å². The van der Waals surface area contributed by atoms with Crippen molar-refractivity contribution in [3.63, 3.8) is 0 Å². The van der Waals surface area contributed by atoms with Crippen LogP contribution in [0.15, 0.2) is 0 Å². The Labute approximate surface area is 79.2 Å². The summed E-state index contributed by atoms with van der Waals surface area (Å²) < 4.78 is -0.370. The molecule has 5 heavy (non-hydrogen) atoms. The Morgan fingerprint density at radius 3 is 0.800 bits per heavy atom. The first kappa shape index (κ1) is 8.41. The van der Waals surface area contributed by atoms with Gasteiger partial charge in [-0.05, 0) is 0 Å². The van der Waals surface area contributed by atoms with Crippen molar-refractivity contribution >= 4 is 81.9 Å². The predicted molar refractivity (Wildman–Crippen MR) is 56.1 cm³/mol. The van der Waals surface area contributed by atoms with Gasteiger partial charge in [-0.1, -0.05) is 0 Å². The summed E-state index contributed by atoms with van der Waals surface area (Å²) in [5.74, 6) is 0. The molecule has 0 aliphatic carbocycles. The number of hydrogen-bond donors (Lipinski definition) is 0. The van der Waals surface area contributed by atoms with Crippen molar-refractivity contribution in [3.05, 3.63) is 0 Å². The van der Waals surface area contributed by atoms with Crippen LogP contribution in [-0.2, 0) is -0.351 Å². The molecule has 0 unspecified atom stereocenters. The van der Waals surface area contributed by atoms with Gasteiger partial charge >= 0.3 is 81.6 Å². The van der Waals surface area contributed by atoms with E-state index in [-0.39, 0.29) is -0.351 Å². The molecule has 0 bridgehead atoms. The van der Waals surface area contributed by atoms with Crippen LogP contribution in [0.3, 0.4) is 0 Å². The summed E-state index contributed by atoms with van der Waals surface area (Å²) >= 11 is 9.73. The molecular weight excluding hydrogens is 566 g/mol. The van der Waals surface area contributed by atoms with E-state index < -0.39 is 0 Å². The molecule has 0 aliphatic rings. The van der Waals surface area contributed by atoms with E-state index in [0.717, 1.165) is 0 Å². The van der Waals surface area contributed by atoms with Crippen molar-refractivity contribution in [2.75, 3.05) is 0 Å². The fourth-order valence-electron chi connectivity index (χ4n) is 0. The van der Waals surface area contributed by atoms with Gasteiger partial charge in [-0.25, -0.2) is 0 Å². The van der Waals surface area contributed by atoms with Crippen molar-refractivity contribution < 1.29 is -0.351 Å². The van der Waals surface area contributed by atoms with Gasteiger partial charge in [0.05, 0.1) is 0 Å². The van der Waals surface area contributed by atoms with Crippen LogP contribution in [0.5, 0.6) is 0 Å². The van der Waals surface area contributed by atoms with Gasteiger partial charge in [0, 0.05) is 0 Å². The van der Waals surface area contributed by atoms with Crippen LogP contribution in [-0.4, -0.2) is 0 Å². The molecule has 0 atom stereocenters. The van der Waals surface area contributed by atoms with Crippen LogP contribution >= 0.6 is 81.9 Å². The van der Waals surface area contributed by atoms with E-state index in [0.29, 0.717) is 0 Å². The second-order valence-corrected chi connectivity index (χ2v) is 50.3. The van der Waals surface area contributed by atoms with Gasteiger partial charge in [-0.15, -0.1) is 0 Å². The number of halogens is 4. The standard InChI is InChI=1S/4HI.Ni/h4*1H;/q;;;;+4/p-4. The Bertz CT molecular complexity index is 19.1. The van der Waals surface area contributed by atoms with Crippen LogP contribution < -0.4 is 0 Å². The van der Waals surface area contributed by atoms with Crippen LogP contribution in [0.4, 0.5) is 0 Å². The minimum atomic E-state index is -0.370. The average molecular weight is 566 g/mol. The molecule has 0 fully saturated rings. The third-order valence-corrected chi connectivity index (χ3v) is 0. The fourth-order valence-corrected chi connectivity index (χ4v) is 0. The second-order valence-electron chi connectivity index (χ2n) is 0.271. The molecule has 0 heterocycles. The maximum atomic E-state index is 2.43. The molecule has 0 aromatic heterocycles. The first-order chi connectivity index (χ1) is 2.00. The van der Waals surface area contributed by atoms with Crippen molar-refractivity contribution in [1.29, 1.82) is 0 Å². The van der Waals surface area contributed by atoms with E-state index in [1.165, 1.54) is 0 Å². The fraction of sp³-hybridized carbons (Fsp3) is 0. The van der Waals surface area contributed by atoms with Gasteiger partial charge in [0.2, 0.25) is 0 Å². The van der Waals surface area contributed by atoms with E-state index in [4.69, 9.17) is 0 Å². The predicted octanol–water partition coefficient (Wildman–Crippen LogP) is 3.54. The SMILES string of the molecule is [I][Ni]([I])([I])[I]. The van der Waals surface area contributed by atoms with Gasteiger partial charge in [0.25, 0.3) is 0 Å². The molecule has 0 rings (SSSR count). The molecule has 0 spiro atoms. The zero-order valence-electron chi connectivity index (χ0n) is 1.83. The molecule has 0 aliphatic heterocycles. The summed E-state index contributed by atoms with van der Waals surface area (Å²) in [7, 11) is 0. The third kappa shape index (κ3) is 18.6. The van der Waals surface area contributed by atoms with Gasteiger partial charge in [0.1, 0.15) is 0 Å². The van der Waals surface area contributed by atoms with E-state index in [2.05, 4.69) is 81.9 Å².